The number of ether oxygens (including phenoxy) is 2. The Morgan fingerprint density at radius 2 is 2.03 bits per heavy atom. The first-order valence-corrected chi connectivity index (χ1v) is 10.6. The Kier molecular flexibility index (Phi) is 5.77. The molecule has 1 aliphatic rings. The van der Waals surface area contributed by atoms with Crippen LogP contribution >= 0.6 is 0 Å². The van der Waals surface area contributed by atoms with Crippen molar-refractivity contribution in [3.8, 4) is 11.5 Å². The van der Waals surface area contributed by atoms with E-state index in [1.165, 1.54) is 29.2 Å². The Balaban J connectivity index is 1.20. The van der Waals surface area contributed by atoms with Gasteiger partial charge in [-0.15, -0.1) is 0 Å². The summed E-state index contributed by atoms with van der Waals surface area (Å²) in [6.07, 6.45) is 5.92. The highest BCUT2D eigenvalue weighted by Gasteiger charge is 2.13. The Bertz CT molecular complexity index is 1460. The van der Waals surface area contributed by atoms with Gasteiger partial charge in [0, 0.05) is 18.2 Å². The molecule has 1 amide bonds. The zero-order valence-electron chi connectivity index (χ0n) is 18.0. The number of nitrogens with one attached hydrogen (secondary N) is 1. The summed E-state index contributed by atoms with van der Waals surface area (Å²) in [5, 5.41) is 7.32. The highest BCUT2D eigenvalue weighted by molar-refractivity contribution is 5.91. The number of halogens is 1. The second-order valence-electron chi connectivity index (χ2n) is 7.61. The Morgan fingerprint density at radius 3 is 2.91 bits per heavy atom. The molecule has 1 aliphatic heterocycles. The molecule has 10 heteroatoms. The first-order chi connectivity index (χ1) is 16.6. The maximum atomic E-state index is 13.9. The molecular weight excluding hydrogens is 441 g/mol. The summed E-state index contributed by atoms with van der Waals surface area (Å²) < 4.78 is 27.4. The molecule has 0 spiro atoms. The van der Waals surface area contributed by atoms with Crippen LogP contribution in [0.3, 0.4) is 0 Å². The van der Waals surface area contributed by atoms with Crippen molar-refractivity contribution in [1.82, 2.24) is 24.6 Å². The van der Waals surface area contributed by atoms with Gasteiger partial charge in [0.15, 0.2) is 17.1 Å². The van der Waals surface area contributed by atoms with Crippen molar-refractivity contribution in [2.45, 2.75) is 13.1 Å². The van der Waals surface area contributed by atoms with E-state index in [2.05, 4.69) is 15.4 Å². The summed E-state index contributed by atoms with van der Waals surface area (Å²) in [4.78, 5) is 29.3. The number of nitrogens with zero attached hydrogens (tertiary/aromatic N) is 4. The summed E-state index contributed by atoms with van der Waals surface area (Å²) in [7, 11) is 0. The van der Waals surface area contributed by atoms with Gasteiger partial charge in [-0.25, -0.2) is 14.1 Å². The van der Waals surface area contributed by atoms with Crippen molar-refractivity contribution in [3.05, 3.63) is 88.4 Å². The van der Waals surface area contributed by atoms with Gasteiger partial charge in [-0.1, -0.05) is 24.3 Å². The summed E-state index contributed by atoms with van der Waals surface area (Å²) in [6.45, 7) is 0.892. The summed E-state index contributed by atoms with van der Waals surface area (Å²) in [5.41, 5.74) is 1.30. The third kappa shape index (κ3) is 4.38. The number of hydrogen-bond acceptors (Lipinski definition) is 6. The van der Waals surface area contributed by atoms with E-state index in [9.17, 15) is 14.0 Å². The van der Waals surface area contributed by atoms with E-state index < -0.39 is 0 Å². The molecule has 0 atom stereocenters. The minimum absolute atomic E-state index is 0.0748. The highest BCUT2D eigenvalue weighted by atomic mass is 19.1. The average molecular weight is 461 g/mol. The number of carbonyl (C=O) groups excluding carboxylic acids is 1. The monoisotopic (exact) mass is 461 g/mol. The fraction of sp³-hybridized carbons (Fsp3) is 0.167. The summed E-state index contributed by atoms with van der Waals surface area (Å²) in [5.74, 6) is 0.678. The number of benzene rings is 2. The van der Waals surface area contributed by atoms with Crippen molar-refractivity contribution in [2.24, 2.45) is 0 Å². The van der Waals surface area contributed by atoms with Gasteiger partial charge < -0.3 is 14.8 Å². The van der Waals surface area contributed by atoms with Crippen molar-refractivity contribution in [2.75, 3.05) is 13.3 Å². The molecular formula is C24H20FN5O4. The lowest BCUT2D eigenvalue weighted by Crippen LogP contribution is -2.26. The number of amides is 1. The molecule has 0 fully saturated rings. The van der Waals surface area contributed by atoms with E-state index in [0.717, 1.165) is 5.56 Å². The maximum Gasteiger partial charge on any atom is 0.264 e. The summed E-state index contributed by atoms with van der Waals surface area (Å²) >= 11 is 0. The number of carbonyl (C=O) groups is 1. The first-order valence-electron chi connectivity index (χ1n) is 10.6. The molecule has 0 radical (unpaired) electrons. The van der Waals surface area contributed by atoms with E-state index in [1.54, 1.807) is 41.1 Å². The second kappa shape index (κ2) is 9.18. The van der Waals surface area contributed by atoms with E-state index in [4.69, 9.17) is 9.47 Å². The third-order valence-corrected chi connectivity index (χ3v) is 5.37. The largest absolute Gasteiger partial charge is 0.454 e. The van der Waals surface area contributed by atoms with Crippen molar-refractivity contribution < 1.29 is 18.7 Å². The second-order valence-corrected chi connectivity index (χ2v) is 7.61. The van der Waals surface area contributed by atoms with E-state index in [-0.39, 0.29) is 30.6 Å². The molecule has 0 saturated heterocycles. The van der Waals surface area contributed by atoms with Crippen LogP contribution in [0.15, 0.2) is 65.9 Å². The SMILES string of the molecule is O=C(C=Cc1ccc2c(c1)OCO2)NCCn1ncc2c(=O)n(Cc3ccccc3F)cnc21. The van der Waals surface area contributed by atoms with Gasteiger partial charge in [0.05, 0.1) is 19.3 Å². The average Bonchev–Trinajstić information content (AvgIpc) is 3.48. The quantitative estimate of drug-likeness (QED) is 0.424. The smallest absolute Gasteiger partial charge is 0.264 e. The molecule has 4 aromatic rings. The van der Waals surface area contributed by atoms with Crippen molar-refractivity contribution in [1.29, 1.82) is 0 Å². The lowest BCUT2D eigenvalue weighted by atomic mass is 10.2. The Hall–Kier alpha value is -4.47. The van der Waals surface area contributed by atoms with Crippen LogP contribution in [0.25, 0.3) is 17.1 Å². The maximum absolute atomic E-state index is 13.9. The normalized spacial score (nSPS) is 12.5. The third-order valence-electron chi connectivity index (χ3n) is 5.37. The molecule has 3 heterocycles. The van der Waals surface area contributed by atoms with Crippen LogP contribution in [0.4, 0.5) is 4.39 Å². The Morgan fingerprint density at radius 1 is 1.18 bits per heavy atom. The van der Waals surface area contributed by atoms with Gasteiger partial charge in [0.1, 0.15) is 17.5 Å². The van der Waals surface area contributed by atoms with Crippen LogP contribution in [-0.4, -0.2) is 38.6 Å². The van der Waals surface area contributed by atoms with Gasteiger partial charge in [0.2, 0.25) is 12.7 Å². The number of hydrogen-bond donors (Lipinski definition) is 1. The fourth-order valence-corrected chi connectivity index (χ4v) is 3.62. The molecule has 2 aromatic heterocycles. The van der Waals surface area contributed by atoms with Gasteiger partial charge in [-0.2, -0.15) is 5.10 Å². The zero-order valence-corrected chi connectivity index (χ0v) is 18.0. The van der Waals surface area contributed by atoms with Crippen LogP contribution in [0.1, 0.15) is 11.1 Å². The standard InChI is InChI=1S/C24H20FN5O4/c25-19-4-2-1-3-17(19)13-29-14-27-23-18(24(29)32)12-28-30(23)10-9-26-22(31)8-6-16-5-7-20-21(11-16)34-15-33-20/h1-8,11-12,14H,9-10,13,15H2,(H,26,31). The number of aromatic nitrogens is 4. The van der Waals surface area contributed by atoms with E-state index in [0.29, 0.717) is 41.2 Å². The predicted octanol–water partition coefficient (Wildman–Crippen LogP) is 2.34. The molecule has 1 N–H and O–H groups in total. The molecule has 34 heavy (non-hydrogen) atoms. The van der Waals surface area contributed by atoms with Crippen LogP contribution < -0.4 is 20.3 Å². The van der Waals surface area contributed by atoms with Gasteiger partial charge >= 0.3 is 0 Å². The van der Waals surface area contributed by atoms with Crippen molar-refractivity contribution >= 4 is 23.0 Å². The lowest BCUT2D eigenvalue weighted by Gasteiger charge is -2.07. The molecule has 172 valence electrons. The molecule has 9 nitrogen and oxygen atoms in total. The van der Waals surface area contributed by atoms with Crippen molar-refractivity contribution in [3.63, 3.8) is 0 Å². The van der Waals surface area contributed by atoms with Gasteiger partial charge in [0.25, 0.3) is 5.56 Å². The molecule has 2 aromatic carbocycles. The van der Waals surface area contributed by atoms with E-state index >= 15 is 0 Å². The van der Waals surface area contributed by atoms with E-state index in [1.807, 2.05) is 6.07 Å². The fourth-order valence-electron chi connectivity index (χ4n) is 3.62. The van der Waals surface area contributed by atoms with Gasteiger partial charge in [-0.3, -0.25) is 14.2 Å². The predicted molar refractivity (Wildman–Crippen MR) is 122 cm³/mol. The Labute approximate surface area is 193 Å². The molecule has 0 aliphatic carbocycles. The number of fused-ring (bicyclic) bond motifs is 2. The molecule has 5 rings (SSSR count). The summed E-state index contributed by atoms with van der Waals surface area (Å²) in [6, 6.07) is 11.7. The zero-order chi connectivity index (χ0) is 23.5. The van der Waals surface area contributed by atoms with Crippen LogP contribution in [0, 0.1) is 5.82 Å². The molecule has 0 bridgehead atoms. The van der Waals surface area contributed by atoms with Crippen LogP contribution in [0.5, 0.6) is 11.5 Å². The minimum Gasteiger partial charge on any atom is -0.454 e. The lowest BCUT2D eigenvalue weighted by molar-refractivity contribution is -0.116. The van der Waals surface area contributed by atoms with Gasteiger partial charge in [-0.05, 0) is 29.8 Å². The van der Waals surface area contributed by atoms with Crippen LogP contribution in [0.2, 0.25) is 0 Å². The highest BCUT2D eigenvalue weighted by Crippen LogP contribution is 2.32. The first kappa shape index (κ1) is 21.4. The minimum atomic E-state index is -0.381. The molecule has 0 saturated carbocycles. The van der Waals surface area contributed by atoms with Crippen LogP contribution in [-0.2, 0) is 17.9 Å². The molecule has 0 unspecified atom stereocenters. The topological polar surface area (TPSA) is 100 Å². The number of rotatable bonds is 7.